The van der Waals surface area contributed by atoms with Gasteiger partial charge in [-0.3, -0.25) is 9.59 Å². The molecular weight excluding hydrogens is 162 g/mol. The van der Waals surface area contributed by atoms with Gasteiger partial charge in [-0.25, -0.2) is 0 Å². The molecule has 3 N–H and O–H groups in total. The second-order valence-corrected chi connectivity index (χ2v) is 2.47. The number of aliphatic carboxylic acids is 2. The summed E-state index contributed by atoms with van der Waals surface area (Å²) >= 11 is 0. The molecule has 0 radical (unpaired) electrons. The molecule has 12 heavy (non-hydrogen) atoms. The maximum atomic E-state index is 10.4. The van der Waals surface area contributed by atoms with E-state index in [0.717, 1.165) is 0 Å². The molecule has 0 aromatic carbocycles. The molecule has 0 bridgehead atoms. The molecule has 70 valence electrons. The zero-order valence-electron chi connectivity index (χ0n) is 6.91. The van der Waals surface area contributed by atoms with E-state index in [1.54, 1.807) is 7.05 Å². The van der Waals surface area contributed by atoms with Crippen molar-refractivity contribution in [2.24, 2.45) is 0 Å². The Morgan fingerprint density at radius 1 is 1.42 bits per heavy atom. The van der Waals surface area contributed by atoms with E-state index in [4.69, 9.17) is 10.2 Å². The molecule has 0 unspecified atom stereocenters. The van der Waals surface area contributed by atoms with Crippen molar-refractivity contribution < 1.29 is 19.8 Å². The van der Waals surface area contributed by atoms with Gasteiger partial charge in [0, 0.05) is 6.42 Å². The average Bonchev–Trinajstić information content (AvgIpc) is 1.96. The monoisotopic (exact) mass is 175 g/mol. The summed E-state index contributed by atoms with van der Waals surface area (Å²) in [5.41, 5.74) is 0. The molecule has 0 aliphatic carbocycles. The second kappa shape index (κ2) is 5.54. The lowest BCUT2D eigenvalue weighted by molar-refractivity contribution is -0.141. The van der Waals surface area contributed by atoms with Gasteiger partial charge in [-0.1, -0.05) is 0 Å². The van der Waals surface area contributed by atoms with E-state index in [2.05, 4.69) is 5.32 Å². The summed E-state index contributed by atoms with van der Waals surface area (Å²) < 4.78 is 0. The third-order valence-electron chi connectivity index (χ3n) is 1.53. The Morgan fingerprint density at radius 3 is 2.33 bits per heavy atom. The lowest BCUT2D eigenvalue weighted by Crippen LogP contribution is -2.33. The van der Waals surface area contributed by atoms with E-state index in [1.807, 2.05) is 0 Å². The van der Waals surface area contributed by atoms with Gasteiger partial charge >= 0.3 is 11.9 Å². The third kappa shape index (κ3) is 4.68. The molecule has 0 aromatic heterocycles. The van der Waals surface area contributed by atoms with Gasteiger partial charge in [0.1, 0.15) is 6.04 Å². The first-order chi connectivity index (χ1) is 5.57. The van der Waals surface area contributed by atoms with Gasteiger partial charge in [-0.15, -0.1) is 0 Å². The lowest BCUT2D eigenvalue weighted by atomic mass is 10.1. The van der Waals surface area contributed by atoms with Crippen LogP contribution in [0.15, 0.2) is 0 Å². The van der Waals surface area contributed by atoms with E-state index in [9.17, 15) is 9.59 Å². The summed E-state index contributed by atoms with van der Waals surface area (Å²) in [5.74, 6) is -1.84. The number of carboxylic acids is 2. The van der Waals surface area contributed by atoms with Crippen molar-refractivity contribution in [2.45, 2.75) is 25.3 Å². The Morgan fingerprint density at radius 2 is 2.00 bits per heavy atom. The second-order valence-electron chi connectivity index (χ2n) is 2.47. The number of carboxylic acid groups (broad SMARTS) is 2. The van der Waals surface area contributed by atoms with Gasteiger partial charge in [0.25, 0.3) is 0 Å². The highest BCUT2D eigenvalue weighted by Crippen LogP contribution is 2.00. The molecule has 0 aliphatic heterocycles. The fraction of sp³-hybridized carbons (Fsp3) is 0.714. The number of nitrogens with one attached hydrogen (secondary N) is 1. The quantitative estimate of drug-likeness (QED) is 0.525. The Labute approximate surface area is 70.4 Å². The summed E-state index contributed by atoms with van der Waals surface area (Å²) in [6.45, 7) is 0. The highest BCUT2D eigenvalue weighted by atomic mass is 16.4. The van der Waals surface area contributed by atoms with Crippen LogP contribution in [-0.2, 0) is 9.59 Å². The number of hydrogen-bond donors (Lipinski definition) is 3. The first-order valence-corrected chi connectivity index (χ1v) is 3.69. The molecule has 5 nitrogen and oxygen atoms in total. The third-order valence-corrected chi connectivity index (χ3v) is 1.53. The molecule has 0 aliphatic rings. The fourth-order valence-electron chi connectivity index (χ4n) is 0.849. The molecular formula is C7H13NO4. The van der Waals surface area contributed by atoms with Crippen LogP contribution in [-0.4, -0.2) is 35.2 Å². The summed E-state index contributed by atoms with van der Waals surface area (Å²) in [5, 5.41) is 19.4. The maximum absolute atomic E-state index is 10.4. The summed E-state index contributed by atoms with van der Waals surface area (Å²) in [6.07, 6.45) is 0.747. The van der Waals surface area contributed by atoms with Crippen LogP contribution in [0.4, 0.5) is 0 Å². The molecule has 0 aromatic rings. The van der Waals surface area contributed by atoms with Crippen LogP contribution < -0.4 is 5.32 Å². The van der Waals surface area contributed by atoms with Crippen LogP contribution in [0.2, 0.25) is 0 Å². The van der Waals surface area contributed by atoms with E-state index in [0.29, 0.717) is 12.8 Å². The molecule has 1 atom stereocenters. The topological polar surface area (TPSA) is 86.6 Å². The minimum Gasteiger partial charge on any atom is -0.481 e. The molecule has 0 spiro atoms. The number of likely N-dealkylation sites (N-methyl/N-ethyl adjacent to an activating group) is 1. The van der Waals surface area contributed by atoms with Crippen LogP contribution in [0.25, 0.3) is 0 Å². The molecule has 0 rings (SSSR count). The average molecular weight is 175 g/mol. The Balaban J connectivity index is 3.59. The van der Waals surface area contributed by atoms with E-state index >= 15 is 0 Å². The molecule has 0 amide bonds. The van der Waals surface area contributed by atoms with Crippen molar-refractivity contribution in [1.29, 1.82) is 0 Å². The standard InChI is InChI=1S/C7H13NO4/c1-8-5(7(11)12)3-2-4-6(9)10/h5,8H,2-4H2,1H3,(H,9,10)(H,11,12)/t5-/m1/s1. The van der Waals surface area contributed by atoms with Crippen molar-refractivity contribution in [3.05, 3.63) is 0 Å². The summed E-state index contributed by atoms with van der Waals surface area (Å²) in [7, 11) is 1.54. The molecule has 0 saturated heterocycles. The number of rotatable bonds is 6. The van der Waals surface area contributed by atoms with Crippen LogP contribution in [0.3, 0.4) is 0 Å². The Hall–Kier alpha value is -1.10. The first kappa shape index (κ1) is 10.9. The summed E-state index contributed by atoms with van der Waals surface area (Å²) in [6, 6.07) is -0.635. The van der Waals surface area contributed by atoms with Crippen LogP contribution in [0.1, 0.15) is 19.3 Å². The van der Waals surface area contributed by atoms with Gasteiger partial charge in [0.2, 0.25) is 0 Å². The van der Waals surface area contributed by atoms with Crippen LogP contribution in [0.5, 0.6) is 0 Å². The van der Waals surface area contributed by atoms with E-state index in [-0.39, 0.29) is 6.42 Å². The predicted molar refractivity (Wildman–Crippen MR) is 42.0 cm³/mol. The van der Waals surface area contributed by atoms with Gasteiger partial charge in [0.05, 0.1) is 0 Å². The fourth-order valence-corrected chi connectivity index (χ4v) is 0.849. The van der Waals surface area contributed by atoms with Crippen molar-refractivity contribution in [2.75, 3.05) is 7.05 Å². The van der Waals surface area contributed by atoms with E-state index in [1.165, 1.54) is 0 Å². The Kier molecular flexibility index (Phi) is 5.03. The van der Waals surface area contributed by atoms with Crippen molar-refractivity contribution >= 4 is 11.9 Å². The van der Waals surface area contributed by atoms with E-state index < -0.39 is 18.0 Å². The number of carbonyl (C=O) groups is 2. The van der Waals surface area contributed by atoms with Gasteiger partial charge in [0.15, 0.2) is 0 Å². The van der Waals surface area contributed by atoms with Crippen LogP contribution in [0, 0.1) is 0 Å². The predicted octanol–water partition coefficient (Wildman–Crippen LogP) is -0.0861. The van der Waals surface area contributed by atoms with Crippen LogP contribution >= 0.6 is 0 Å². The maximum Gasteiger partial charge on any atom is 0.320 e. The van der Waals surface area contributed by atoms with Crippen molar-refractivity contribution in [3.63, 3.8) is 0 Å². The highest BCUT2D eigenvalue weighted by Gasteiger charge is 2.14. The molecule has 0 saturated carbocycles. The minimum absolute atomic E-state index is 0.0193. The summed E-state index contributed by atoms with van der Waals surface area (Å²) in [4.78, 5) is 20.5. The molecule has 5 heteroatoms. The smallest absolute Gasteiger partial charge is 0.320 e. The Bertz CT molecular complexity index is 169. The lowest BCUT2D eigenvalue weighted by Gasteiger charge is -2.08. The SMILES string of the molecule is CN[C@H](CCCC(=O)O)C(=O)O. The van der Waals surface area contributed by atoms with Gasteiger partial charge in [-0.2, -0.15) is 0 Å². The normalized spacial score (nSPS) is 12.4. The minimum atomic E-state index is -0.942. The van der Waals surface area contributed by atoms with Gasteiger partial charge < -0.3 is 15.5 Å². The zero-order chi connectivity index (χ0) is 9.56. The van der Waals surface area contributed by atoms with Gasteiger partial charge in [-0.05, 0) is 19.9 Å². The zero-order valence-corrected chi connectivity index (χ0v) is 6.91. The molecule has 0 fully saturated rings. The number of hydrogen-bond acceptors (Lipinski definition) is 3. The van der Waals surface area contributed by atoms with Crippen molar-refractivity contribution in [3.8, 4) is 0 Å². The van der Waals surface area contributed by atoms with Crippen molar-refractivity contribution in [1.82, 2.24) is 5.32 Å². The molecule has 0 heterocycles. The first-order valence-electron chi connectivity index (χ1n) is 3.69. The largest absolute Gasteiger partial charge is 0.481 e. The highest BCUT2D eigenvalue weighted by molar-refractivity contribution is 5.73.